The molecule has 0 radical (unpaired) electrons. The summed E-state index contributed by atoms with van der Waals surface area (Å²) in [6, 6.07) is 27.2. The summed E-state index contributed by atoms with van der Waals surface area (Å²) < 4.78 is 10.9. The third-order valence-electron chi connectivity index (χ3n) is 8.80. The number of nitro benzene ring substituents is 1. The lowest BCUT2D eigenvalue weighted by atomic mass is 9.68. The van der Waals surface area contributed by atoms with Crippen LogP contribution < -0.4 is 5.32 Å². The molecule has 0 aliphatic carbocycles. The maximum atomic E-state index is 13.6. The molecule has 2 aliphatic heterocycles. The number of hydrogen-bond acceptors (Lipinski definition) is 8. The molecule has 1 saturated heterocycles. The molecule has 0 amide bonds. The van der Waals surface area contributed by atoms with Gasteiger partial charge in [-0.2, -0.15) is 0 Å². The number of nitro groups is 1. The van der Waals surface area contributed by atoms with E-state index in [9.17, 15) is 19.7 Å². The summed E-state index contributed by atoms with van der Waals surface area (Å²) in [7, 11) is 1.26. The molecular formula is C35H37N3O6. The number of nitrogens with zero attached hydrogens (tertiary/aromatic N) is 2. The molecule has 9 heteroatoms. The first-order chi connectivity index (χ1) is 21.2. The van der Waals surface area contributed by atoms with Gasteiger partial charge in [-0.15, -0.1) is 0 Å². The number of nitrogens with one attached hydrogen (secondary N) is 1. The van der Waals surface area contributed by atoms with Gasteiger partial charge in [-0.25, -0.2) is 9.59 Å². The van der Waals surface area contributed by atoms with Crippen LogP contribution in [0, 0.1) is 10.1 Å². The van der Waals surface area contributed by atoms with Crippen molar-refractivity contribution in [2.45, 2.75) is 38.0 Å². The minimum Gasteiger partial charge on any atom is -0.466 e. The summed E-state index contributed by atoms with van der Waals surface area (Å²) in [5.74, 6) is -2.10. The molecule has 0 bridgehead atoms. The van der Waals surface area contributed by atoms with Crippen LogP contribution in [-0.4, -0.2) is 55.1 Å². The highest BCUT2D eigenvalue weighted by molar-refractivity contribution is 5.99. The quantitative estimate of drug-likeness (QED) is 0.193. The van der Waals surface area contributed by atoms with E-state index in [1.807, 2.05) is 12.1 Å². The summed E-state index contributed by atoms with van der Waals surface area (Å²) >= 11 is 0. The monoisotopic (exact) mass is 595 g/mol. The Kier molecular flexibility index (Phi) is 9.25. The number of benzene rings is 3. The van der Waals surface area contributed by atoms with Crippen molar-refractivity contribution >= 4 is 17.6 Å². The average molecular weight is 596 g/mol. The van der Waals surface area contributed by atoms with E-state index in [4.69, 9.17) is 9.47 Å². The van der Waals surface area contributed by atoms with Crippen LogP contribution in [0.25, 0.3) is 0 Å². The normalized spacial score (nSPS) is 18.4. The lowest BCUT2D eigenvalue weighted by molar-refractivity contribution is -0.384. The van der Waals surface area contributed by atoms with Crippen molar-refractivity contribution < 1.29 is 24.0 Å². The summed E-state index contributed by atoms with van der Waals surface area (Å²) in [4.78, 5) is 39.9. The van der Waals surface area contributed by atoms with Crippen LogP contribution in [0.2, 0.25) is 0 Å². The number of rotatable bonds is 9. The zero-order chi connectivity index (χ0) is 31.3. The van der Waals surface area contributed by atoms with E-state index < -0.39 is 22.8 Å². The van der Waals surface area contributed by atoms with Gasteiger partial charge in [0.2, 0.25) is 0 Å². The minimum absolute atomic E-state index is 0.0780. The van der Waals surface area contributed by atoms with Crippen molar-refractivity contribution in [3.05, 3.63) is 134 Å². The number of allylic oxidation sites excluding steroid dienone is 2. The van der Waals surface area contributed by atoms with Crippen molar-refractivity contribution in [1.29, 1.82) is 0 Å². The average Bonchev–Trinajstić information content (AvgIpc) is 3.05. The summed E-state index contributed by atoms with van der Waals surface area (Å²) in [5, 5.41) is 14.6. The molecule has 1 fully saturated rings. The smallest absolute Gasteiger partial charge is 0.336 e. The van der Waals surface area contributed by atoms with Gasteiger partial charge < -0.3 is 14.8 Å². The first-order valence-electron chi connectivity index (χ1n) is 14.8. The molecule has 2 heterocycles. The van der Waals surface area contributed by atoms with Crippen LogP contribution in [-0.2, 0) is 24.5 Å². The summed E-state index contributed by atoms with van der Waals surface area (Å²) in [6.07, 6.45) is 1.87. The number of methoxy groups -OCH3 is 1. The molecule has 0 saturated carbocycles. The van der Waals surface area contributed by atoms with E-state index in [0.717, 1.165) is 25.9 Å². The highest BCUT2D eigenvalue weighted by atomic mass is 16.6. The van der Waals surface area contributed by atoms with Gasteiger partial charge in [-0.05, 0) is 56.5 Å². The van der Waals surface area contributed by atoms with E-state index in [2.05, 4.69) is 58.7 Å². The fourth-order valence-corrected chi connectivity index (χ4v) is 6.56. The first-order valence-corrected chi connectivity index (χ1v) is 14.8. The van der Waals surface area contributed by atoms with Gasteiger partial charge in [0.25, 0.3) is 5.69 Å². The predicted molar refractivity (Wildman–Crippen MR) is 167 cm³/mol. The van der Waals surface area contributed by atoms with Crippen LogP contribution in [0.5, 0.6) is 0 Å². The Balaban J connectivity index is 1.30. The van der Waals surface area contributed by atoms with Gasteiger partial charge >= 0.3 is 11.9 Å². The van der Waals surface area contributed by atoms with Crippen molar-refractivity contribution in [1.82, 2.24) is 10.2 Å². The maximum Gasteiger partial charge on any atom is 0.336 e. The number of hydrogen-bond donors (Lipinski definition) is 1. The van der Waals surface area contributed by atoms with E-state index in [1.54, 1.807) is 26.0 Å². The minimum atomic E-state index is -0.886. The van der Waals surface area contributed by atoms with Crippen molar-refractivity contribution in [2.75, 3.05) is 33.4 Å². The third kappa shape index (κ3) is 6.14. The summed E-state index contributed by atoms with van der Waals surface area (Å²) in [6.45, 7) is 5.85. The van der Waals surface area contributed by atoms with Crippen LogP contribution >= 0.6 is 0 Å². The Bertz CT molecular complexity index is 1550. The number of non-ortho nitro benzene ring substituents is 1. The van der Waals surface area contributed by atoms with E-state index in [1.165, 1.54) is 30.4 Å². The Morgan fingerprint density at radius 3 is 2.00 bits per heavy atom. The molecule has 3 aromatic carbocycles. The lowest BCUT2D eigenvalue weighted by Gasteiger charge is -2.43. The first kappa shape index (κ1) is 30.7. The van der Waals surface area contributed by atoms with E-state index in [0.29, 0.717) is 23.5 Å². The van der Waals surface area contributed by atoms with Crippen molar-refractivity contribution in [3.63, 3.8) is 0 Å². The number of dihydropyridines is 1. The number of ether oxygens (including phenoxy) is 2. The van der Waals surface area contributed by atoms with Gasteiger partial charge in [0.1, 0.15) is 6.61 Å². The number of esters is 2. The Morgan fingerprint density at radius 1 is 0.886 bits per heavy atom. The number of likely N-dealkylation sites (tertiary alicyclic amines) is 1. The molecule has 9 nitrogen and oxygen atoms in total. The predicted octanol–water partition coefficient (Wildman–Crippen LogP) is 5.63. The molecule has 228 valence electrons. The molecule has 2 aliphatic rings. The number of carbonyl (C=O) groups excluding carboxylic acids is 2. The molecule has 44 heavy (non-hydrogen) atoms. The second-order valence-corrected chi connectivity index (χ2v) is 11.3. The van der Waals surface area contributed by atoms with Gasteiger partial charge in [-0.3, -0.25) is 15.0 Å². The Hall–Kier alpha value is -4.76. The molecule has 3 aromatic rings. The zero-order valence-electron chi connectivity index (χ0n) is 25.2. The second-order valence-electron chi connectivity index (χ2n) is 11.3. The standard InChI is InChI=1S/C35H37N3O6/c1-24-30(33(39)43-3)32(26-11-10-16-29(23-26)38(41)42)31(25(2)36-24)34(40)44-22-21-37-19-17-35(18-20-37,27-12-6-4-7-13-27)28-14-8-5-9-15-28/h4-16,23,32,36H,17-22H2,1-3H3. The van der Waals surface area contributed by atoms with E-state index in [-0.39, 0.29) is 28.9 Å². The maximum absolute atomic E-state index is 13.6. The number of carbonyl (C=O) groups is 2. The Labute approximate surface area is 257 Å². The lowest BCUT2D eigenvalue weighted by Crippen LogP contribution is -2.44. The second kappa shape index (κ2) is 13.3. The zero-order valence-corrected chi connectivity index (χ0v) is 25.2. The van der Waals surface area contributed by atoms with Crippen LogP contribution in [0.1, 0.15) is 49.3 Å². The highest BCUT2D eigenvalue weighted by Crippen LogP contribution is 2.42. The summed E-state index contributed by atoms with van der Waals surface area (Å²) in [5.41, 5.74) is 4.29. The van der Waals surface area contributed by atoms with Crippen molar-refractivity contribution in [2.24, 2.45) is 0 Å². The third-order valence-corrected chi connectivity index (χ3v) is 8.80. The fraction of sp³-hybridized carbons (Fsp3) is 0.314. The van der Waals surface area contributed by atoms with Crippen LogP contribution in [0.4, 0.5) is 5.69 Å². The molecule has 1 unspecified atom stereocenters. The largest absolute Gasteiger partial charge is 0.466 e. The van der Waals surface area contributed by atoms with Gasteiger partial charge in [0.05, 0.1) is 29.1 Å². The Morgan fingerprint density at radius 2 is 1.45 bits per heavy atom. The van der Waals surface area contributed by atoms with E-state index >= 15 is 0 Å². The topological polar surface area (TPSA) is 111 Å². The van der Waals surface area contributed by atoms with Gasteiger partial charge in [0, 0.05) is 35.5 Å². The molecule has 5 rings (SSSR count). The molecule has 1 N–H and O–H groups in total. The SMILES string of the molecule is COC(=O)C1=C(C)NC(C)=C(C(=O)OCCN2CCC(c3ccccc3)(c3ccccc3)CC2)C1c1cccc([N+](=O)[O-])c1. The van der Waals surface area contributed by atoms with Gasteiger partial charge in [-0.1, -0.05) is 72.8 Å². The van der Waals surface area contributed by atoms with Crippen molar-refractivity contribution in [3.8, 4) is 0 Å². The van der Waals surface area contributed by atoms with Crippen LogP contribution in [0.15, 0.2) is 107 Å². The highest BCUT2D eigenvalue weighted by Gasteiger charge is 2.39. The molecule has 0 aromatic heterocycles. The molecule has 1 atom stereocenters. The molecular weight excluding hydrogens is 558 g/mol. The van der Waals surface area contributed by atoms with Gasteiger partial charge in [0.15, 0.2) is 0 Å². The molecule has 0 spiro atoms. The number of piperidine rings is 1. The fourth-order valence-electron chi connectivity index (χ4n) is 6.56. The van der Waals surface area contributed by atoms with Crippen LogP contribution in [0.3, 0.4) is 0 Å².